The SMILES string of the molecule is [NH-]C(CN)C(=O)O. The van der Waals surface area contributed by atoms with Gasteiger partial charge in [-0.05, 0) is 12.6 Å². The minimum absolute atomic E-state index is 0.116. The molecule has 0 aliphatic heterocycles. The number of carboxylic acid groups (broad SMARTS) is 1. The molecule has 4 N–H and O–H groups in total. The van der Waals surface area contributed by atoms with Gasteiger partial charge < -0.3 is 16.6 Å². The normalized spacial score (nSPS) is 13.4. The summed E-state index contributed by atoms with van der Waals surface area (Å²) in [5, 5.41) is 7.91. The highest BCUT2D eigenvalue weighted by molar-refractivity contribution is 5.75. The van der Waals surface area contributed by atoms with Crippen LogP contribution in [0.15, 0.2) is 0 Å². The van der Waals surface area contributed by atoms with Crippen molar-refractivity contribution in [1.29, 1.82) is 0 Å². The lowest BCUT2D eigenvalue weighted by atomic mass is 10.3. The van der Waals surface area contributed by atoms with E-state index < -0.39 is 12.0 Å². The Morgan fingerprint density at radius 3 is 2.43 bits per heavy atom. The molecule has 0 amide bonds. The van der Waals surface area contributed by atoms with E-state index in [1.165, 1.54) is 0 Å². The molecule has 0 saturated heterocycles. The second-order valence-corrected chi connectivity index (χ2v) is 1.13. The topological polar surface area (TPSA) is 87.1 Å². The Kier molecular flexibility index (Phi) is 2.32. The molecule has 0 spiro atoms. The Balaban J connectivity index is 3.34. The molecule has 42 valence electrons. The zero-order valence-corrected chi connectivity index (χ0v) is 3.72. The smallest absolute Gasteiger partial charge is 0.286 e. The molecular weight excluding hydrogens is 96.0 g/mol. The summed E-state index contributed by atoms with van der Waals surface area (Å²) in [4.78, 5) is 9.66. The third-order valence-corrected chi connectivity index (χ3v) is 0.534. The molecule has 0 radical (unpaired) electrons. The van der Waals surface area contributed by atoms with Crippen LogP contribution in [0, 0.1) is 0 Å². The molecule has 0 bridgehead atoms. The number of nitrogens with two attached hydrogens (primary N) is 1. The molecule has 4 nitrogen and oxygen atoms in total. The van der Waals surface area contributed by atoms with Crippen LogP contribution < -0.4 is 5.73 Å². The first-order valence-electron chi connectivity index (χ1n) is 1.82. The first kappa shape index (κ1) is 6.39. The number of rotatable bonds is 2. The van der Waals surface area contributed by atoms with Crippen molar-refractivity contribution in [1.82, 2.24) is 0 Å². The Morgan fingerprint density at radius 1 is 2.00 bits per heavy atom. The molecule has 7 heavy (non-hydrogen) atoms. The molecule has 0 heterocycles. The Morgan fingerprint density at radius 2 is 2.43 bits per heavy atom. The van der Waals surface area contributed by atoms with E-state index in [4.69, 9.17) is 16.6 Å². The first-order chi connectivity index (χ1) is 3.18. The quantitative estimate of drug-likeness (QED) is 0.491. The van der Waals surface area contributed by atoms with Gasteiger partial charge in [-0.15, -0.1) is 0 Å². The zero-order chi connectivity index (χ0) is 5.86. The fourth-order valence-electron chi connectivity index (χ4n) is 0.101. The van der Waals surface area contributed by atoms with Crippen molar-refractivity contribution in [2.45, 2.75) is 6.04 Å². The van der Waals surface area contributed by atoms with Gasteiger partial charge in [-0.2, -0.15) is 0 Å². The average Bonchev–Trinajstić information content (AvgIpc) is 1.65. The lowest BCUT2D eigenvalue weighted by Gasteiger charge is -2.08. The third kappa shape index (κ3) is 2.13. The fraction of sp³-hybridized carbons (Fsp3) is 0.667. The van der Waals surface area contributed by atoms with Gasteiger partial charge in [0.2, 0.25) is 0 Å². The lowest BCUT2D eigenvalue weighted by molar-refractivity contribution is -0.137. The number of aliphatic carboxylic acids is 1. The maximum Gasteiger partial charge on any atom is 0.286 e. The van der Waals surface area contributed by atoms with E-state index >= 15 is 0 Å². The minimum Gasteiger partial charge on any atom is -0.664 e. The zero-order valence-electron chi connectivity index (χ0n) is 3.72. The number of hydrogen-bond donors (Lipinski definition) is 2. The van der Waals surface area contributed by atoms with E-state index in [2.05, 4.69) is 0 Å². The standard InChI is InChI=1S/C3H7N2O2/c4-1-2(5)3(6)7/h2,5H,1,4H2,(H,6,7)/q-1. The van der Waals surface area contributed by atoms with Gasteiger partial charge in [0.25, 0.3) is 5.97 Å². The maximum atomic E-state index is 9.66. The van der Waals surface area contributed by atoms with E-state index in [-0.39, 0.29) is 6.54 Å². The highest BCUT2D eigenvalue weighted by atomic mass is 16.4. The molecule has 4 heteroatoms. The average molecular weight is 103 g/mol. The molecule has 0 aromatic heterocycles. The highest BCUT2D eigenvalue weighted by Gasteiger charge is 1.97. The van der Waals surface area contributed by atoms with Crippen LogP contribution in [0.1, 0.15) is 0 Å². The van der Waals surface area contributed by atoms with Crippen molar-refractivity contribution in [3.05, 3.63) is 5.73 Å². The number of carboxylic acids is 1. The van der Waals surface area contributed by atoms with Crippen LogP contribution in [0.25, 0.3) is 5.73 Å². The molecular formula is C3H7N2O2-. The second kappa shape index (κ2) is 2.54. The van der Waals surface area contributed by atoms with Crippen LogP contribution in [-0.4, -0.2) is 23.7 Å². The van der Waals surface area contributed by atoms with Gasteiger partial charge in [-0.1, -0.05) is 0 Å². The van der Waals surface area contributed by atoms with Crippen LogP contribution >= 0.6 is 0 Å². The summed E-state index contributed by atoms with van der Waals surface area (Å²) in [5.74, 6) is -1.16. The lowest BCUT2D eigenvalue weighted by Crippen LogP contribution is -2.24. The summed E-state index contributed by atoms with van der Waals surface area (Å²) < 4.78 is 0. The molecule has 1 unspecified atom stereocenters. The summed E-state index contributed by atoms with van der Waals surface area (Å²) in [6.45, 7) is -0.116. The molecule has 0 aromatic rings. The molecule has 0 aliphatic rings. The van der Waals surface area contributed by atoms with Gasteiger partial charge in [0.15, 0.2) is 0 Å². The van der Waals surface area contributed by atoms with Crippen molar-refractivity contribution in [2.24, 2.45) is 5.73 Å². The van der Waals surface area contributed by atoms with E-state index in [9.17, 15) is 4.79 Å². The predicted molar refractivity (Wildman–Crippen MR) is 24.8 cm³/mol. The van der Waals surface area contributed by atoms with Crippen LogP contribution in [0.5, 0.6) is 0 Å². The van der Waals surface area contributed by atoms with Gasteiger partial charge in [-0.3, -0.25) is 4.79 Å². The van der Waals surface area contributed by atoms with Crippen molar-refractivity contribution >= 4 is 5.97 Å². The van der Waals surface area contributed by atoms with Gasteiger partial charge >= 0.3 is 0 Å². The fourth-order valence-corrected chi connectivity index (χ4v) is 0.101. The Hall–Kier alpha value is -0.610. The molecule has 0 saturated carbocycles. The van der Waals surface area contributed by atoms with Crippen molar-refractivity contribution in [2.75, 3.05) is 6.54 Å². The molecule has 0 aromatic carbocycles. The molecule has 0 rings (SSSR count). The van der Waals surface area contributed by atoms with Crippen LogP contribution in [-0.2, 0) is 4.79 Å². The first-order valence-corrected chi connectivity index (χ1v) is 1.82. The Bertz CT molecular complexity index is 73.3. The summed E-state index contributed by atoms with van der Waals surface area (Å²) in [7, 11) is 0. The van der Waals surface area contributed by atoms with Crippen LogP contribution in [0.2, 0.25) is 0 Å². The van der Waals surface area contributed by atoms with E-state index in [1.807, 2.05) is 0 Å². The summed E-state index contributed by atoms with van der Waals surface area (Å²) in [5.41, 5.74) is 11.4. The van der Waals surface area contributed by atoms with Gasteiger partial charge in [0.1, 0.15) is 0 Å². The number of carbonyl (C=O) groups is 1. The van der Waals surface area contributed by atoms with E-state index in [0.29, 0.717) is 0 Å². The summed E-state index contributed by atoms with van der Waals surface area (Å²) in [6, 6.07) is -1.15. The second-order valence-electron chi connectivity index (χ2n) is 1.13. The minimum atomic E-state index is -1.16. The van der Waals surface area contributed by atoms with Crippen molar-refractivity contribution in [3.8, 4) is 0 Å². The van der Waals surface area contributed by atoms with Gasteiger partial charge in [0, 0.05) is 0 Å². The summed E-state index contributed by atoms with van der Waals surface area (Å²) in [6.07, 6.45) is 0. The third-order valence-electron chi connectivity index (χ3n) is 0.534. The van der Waals surface area contributed by atoms with Crippen molar-refractivity contribution < 1.29 is 9.90 Å². The predicted octanol–water partition coefficient (Wildman–Crippen LogP) is -0.549. The van der Waals surface area contributed by atoms with E-state index in [0.717, 1.165) is 0 Å². The number of nitrogens with one attached hydrogen (secondary N) is 1. The highest BCUT2D eigenvalue weighted by Crippen LogP contribution is 1.81. The van der Waals surface area contributed by atoms with E-state index in [1.54, 1.807) is 0 Å². The molecule has 0 fully saturated rings. The van der Waals surface area contributed by atoms with Crippen molar-refractivity contribution in [3.63, 3.8) is 0 Å². The molecule has 0 aliphatic carbocycles. The molecule has 1 atom stereocenters. The maximum absolute atomic E-state index is 9.66. The van der Waals surface area contributed by atoms with Crippen LogP contribution in [0.4, 0.5) is 0 Å². The van der Waals surface area contributed by atoms with Gasteiger partial charge in [-0.25, -0.2) is 0 Å². The summed E-state index contributed by atoms with van der Waals surface area (Å²) >= 11 is 0. The Labute approximate surface area is 41.1 Å². The number of hydrogen-bond acceptors (Lipinski definition) is 2. The van der Waals surface area contributed by atoms with Gasteiger partial charge in [0.05, 0.1) is 0 Å². The monoisotopic (exact) mass is 103 g/mol. The largest absolute Gasteiger partial charge is 0.664 e. The van der Waals surface area contributed by atoms with Crippen LogP contribution in [0.3, 0.4) is 0 Å².